The summed E-state index contributed by atoms with van der Waals surface area (Å²) < 4.78 is 0. The fourth-order valence-corrected chi connectivity index (χ4v) is 3.21. The van der Waals surface area contributed by atoms with E-state index in [1.54, 1.807) is 0 Å². The van der Waals surface area contributed by atoms with E-state index in [9.17, 15) is 4.79 Å². The summed E-state index contributed by atoms with van der Waals surface area (Å²) in [4.78, 5) is 14.5. The Labute approximate surface area is 130 Å². The van der Waals surface area contributed by atoms with E-state index in [0.29, 0.717) is 0 Å². The number of nitrogens with one attached hydrogen (secondary N) is 1. The predicted octanol–water partition coefficient (Wildman–Crippen LogP) is 3.78. The highest BCUT2D eigenvalue weighted by Crippen LogP contribution is 2.33. The second-order valence-electron chi connectivity index (χ2n) is 5.84. The van der Waals surface area contributed by atoms with Gasteiger partial charge in [-0.3, -0.25) is 4.79 Å². The molecule has 0 spiro atoms. The highest BCUT2D eigenvalue weighted by molar-refractivity contribution is 6.34. The number of para-hydroxylation sites is 1. The summed E-state index contributed by atoms with van der Waals surface area (Å²) in [5.74, 6) is -0.0233. The van der Waals surface area contributed by atoms with Crippen molar-refractivity contribution >= 4 is 28.9 Å². The molecule has 110 valence electrons. The third kappa shape index (κ3) is 2.29. The summed E-state index contributed by atoms with van der Waals surface area (Å²) in [7, 11) is 0. The number of nitrogens with zero attached hydrogens (tertiary/aromatic N) is 1. The molecular formula is C19H18N2O. The van der Waals surface area contributed by atoms with Crippen molar-refractivity contribution in [1.29, 1.82) is 0 Å². The van der Waals surface area contributed by atoms with Gasteiger partial charge in [0.15, 0.2) is 0 Å². The van der Waals surface area contributed by atoms with Crippen molar-refractivity contribution in [3.05, 3.63) is 59.7 Å². The Kier molecular flexibility index (Phi) is 3.19. The number of hydrogen-bond donors (Lipinski definition) is 1. The van der Waals surface area contributed by atoms with Crippen LogP contribution in [0.25, 0.3) is 11.6 Å². The summed E-state index contributed by atoms with van der Waals surface area (Å²) >= 11 is 0. The number of rotatable bonds is 2. The van der Waals surface area contributed by atoms with Gasteiger partial charge in [-0.15, -0.1) is 0 Å². The van der Waals surface area contributed by atoms with Gasteiger partial charge in [-0.05, 0) is 42.7 Å². The number of hydrogen-bond acceptors (Lipinski definition) is 2. The van der Waals surface area contributed by atoms with Crippen molar-refractivity contribution < 1.29 is 4.79 Å². The van der Waals surface area contributed by atoms with Crippen LogP contribution in [0.2, 0.25) is 0 Å². The Morgan fingerprint density at radius 3 is 2.45 bits per heavy atom. The molecule has 0 atom stereocenters. The molecule has 0 unspecified atom stereocenters. The average Bonchev–Trinajstić information content (AvgIpc) is 3.17. The van der Waals surface area contributed by atoms with Gasteiger partial charge in [0.2, 0.25) is 0 Å². The lowest BCUT2D eigenvalue weighted by atomic mass is 10.0. The Morgan fingerprint density at radius 1 is 0.955 bits per heavy atom. The van der Waals surface area contributed by atoms with E-state index in [2.05, 4.69) is 34.5 Å². The zero-order valence-electron chi connectivity index (χ0n) is 12.4. The van der Waals surface area contributed by atoms with E-state index < -0.39 is 0 Å². The first kappa shape index (κ1) is 13.1. The smallest absolute Gasteiger partial charge is 0.256 e. The maximum Gasteiger partial charge on any atom is 0.256 e. The summed E-state index contributed by atoms with van der Waals surface area (Å²) in [5, 5.41) is 2.91. The van der Waals surface area contributed by atoms with Crippen LogP contribution in [0, 0.1) is 0 Å². The SMILES string of the molecule is O=C1Nc2ccccc2/C1=C\c1ccc(N2CCCC2)cc1. The fraction of sp³-hybridized carbons (Fsp3) is 0.211. The Balaban J connectivity index is 1.64. The zero-order valence-corrected chi connectivity index (χ0v) is 12.4. The van der Waals surface area contributed by atoms with Crippen molar-refractivity contribution in [2.75, 3.05) is 23.3 Å². The van der Waals surface area contributed by atoms with Crippen LogP contribution in [-0.4, -0.2) is 19.0 Å². The number of carbonyl (C=O) groups excluding carboxylic acids is 1. The molecule has 3 nitrogen and oxygen atoms in total. The van der Waals surface area contributed by atoms with Gasteiger partial charge in [-0.2, -0.15) is 0 Å². The first-order valence-corrected chi connectivity index (χ1v) is 7.79. The highest BCUT2D eigenvalue weighted by Gasteiger charge is 2.23. The molecule has 1 amide bonds. The zero-order chi connectivity index (χ0) is 14.9. The molecule has 2 heterocycles. The normalized spacial score (nSPS) is 18.6. The Morgan fingerprint density at radius 2 is 1.68 bits per heavy atom. The van der Waals surface area contributed by atoms with Crippen molar-refractivity contribution in [3.63, 3.8) is 0 Å². The minimum Gasteiger partial charge on any atom is -0.372 e. The van der Waals surface area contributed by atoms with E-state index in [0.717, 1.165) is 35.5 Å². The molecule has 2 aromatic carbocycles. The van der Waals surface area contributed by atoms with Crippen LogP contribution in [0.5, 0.6) is 0 Å². The van der Waals surface area contributed by atoms with Crippen LogP contribution in [0.15, 0.2) is 48.5 Å². The van der Waals surface area contributed by atoms with Crippen molar-refractivity contribution in [2.24, 2.45) is 0 Å². The lowest BCUT2D eigenvalue weighted by molar-refractivity contribution is -0.110. The summed E-state index contributed by atoms with van der Waals surface area (Å²) in [6.45, 7) is 2.30. The minimum atomic E-state index is -0.0233. The standard InChI is InChI=1S/C19H18N2O/c22-19-17(16-5-1-2-6-18(16)20-19)13-14-7-9-15(10-8-14)21-11-3-4-12-21/h1-2,5-10,13H,3-4,11-12H2,(H,20,22)/b17-13+. The van der Waals surface area contributed by atoms with Gasteiger partial charge >= 0.3 is 0 Å². The summed E-state index contributed by atoms with van der Waals surface area (Å²) in [6, 6.07) is 16.3. The second kappa shape index (κ2) is 5.34. The molecule has 2 aliphatic rings. The molecule has 0 bridgehead atoms. The number of carbonyl (C=O) groups is 1. The third-order valence-corrected chi connectivity index (χ3v) is 4.39. The van der Waals surface area contributed by atoms with E-state index in [1.165, 1.54) is 18.5 Å². The van der Waals surface area contributed by atoms with Gasteiger partial charge in [0.05, 0.1) is 0 Å². The second-order valence-corrected chi connectivity index (χ2v) is 5.84. The monoisotopic (exact) mass is 290 g/mol. The van der Waals surface area contributed by atoms with Gasteiger partial charge in [-0.1, -0.05) is 30.3 Å². The molecule has 2 aromatic rings. The molecule has 22 heavy (non-hydrogen) atoms. The molecule has 3 heteroatoms. The molecule has 0 radical (unpaired) electrons. The van der Waals surface area contributed by atoms with Gasteiger partial charge in [0.25, 0.3) is 5.91 Å². The summed E-state index contributed by atoms with van der Waals surface area (Å²) in [6.07, 6.45) is 4.53. The fourth-order valence-electron chi connectivity index (χ4n) is 3.21. The first-order valence-electron chi connectivity index (χ1n) is 7.79. The Bertz CT molecular complexity index is 740. The van der Waals surface area contributed by atoms with E-state index in [4.69, 9.17) is 0 Å². The first-order chi connectivity index (χ1) is 10.8. The lowest BCUT2D eigenvalue weighted by Gasteiger charge is -2.17. The molecule has 1 fully saturated rings. The molecule has 2 aliphatic heterocycles. The Hall–Kier alpha value is -2.55. The molecule has 1 saturated heterocycles. The van der Waals surface area contributed by atoms with Crippen LogP contribution in [0.1, 0.15) is 24.0 Å². The van der Waals surface area contributed by atoms with Crippen LogP contribution in [0.4, 0.5) is 11.4 Å². The number of anilines is 2. The van der Waals surface area contributed by atoms with Crippen LogP contribution < -0.4 is 10.2 Å². The van der Waals surface area contributed by atoms with Gasteiger partial charge < -0.3 is 10.2 Å². The minimum absolute atomic E-state index is 0.0233. The van der Waals surface area contributed by atoms with Gasteiger partial charge in [0.1, 0.15) is 0 Å². The number of benzene rings is 2. The molecule has 4 rings (SSSR count). The van der Waals surface area contributed by atoms with Gasteiger partial charge in [0, 0.05) is 35.6 Å². The molecule has 0 aliphatic carbocycles. The molecular weight excluding hydrogens is 272 g/mol. The topological polar surface area (TPSA) is 32.3 Å². The molecule has 0 aromatic heterocycles. The van der Waals surface area contributed by atoms with E-state index >= 15 is 0 Å². The highest BCUT2D eigenvalue weighted by atomic mass is 16.2. The predicted molar refractivity (Wildman–Crippen MR) is 90.8 cm³/mol. The summed E-state index contributed by atoms with van der Waals surface area (Å²) in [5.41, 5.74) is 4.95. The molecule has 0 saturated carbocycles. The van der Waals surface area contributed by atoms with Gasteiger partial charge in [-0.25, -0.2) is 0 Å². The third-order valence-electron chi connectivity index (χ3n) is 4.39. The van der Waals surface area contributed by atoms with Crippen molar-refractivity contribution in [3.8, 4) is 0 Å². The van der Waals surface area contributed by atoms with Crippen molar-refractivity contribution in [1.82, 2.24) is 0 Å². The lowest BCUT2D eigenvalue weighted by Crippen LogP contribution is -2.17. The maximum atomic E-state index is 12.1. The number of amides is 1. The van der Waals surface area contributed by atoms with Crippen molar-refractivity contribution in [2.45, 2.75) is 12.8 Å². The number of fused-ring (bicyclic) bond motifs is 1. The largest absolute Gasteiger partial charge is 0.372 e. The molecule has 1 N–H and O–H groups in total. The van der Waals surface area contributed by atoms with Crippen LogP contribution in [0.3, 0.4) is 0 Å². The quantitative estimate of drug-likeness (QED) is 0.854. The van der Waals surface area contributed by atoms with Crippen LogP contribution in [-0.2, 0) is 4.79 Å². The maximum absolute atomic E-state index is 12.1. The van der Waals surface area contributed by atoms with E-state index in [1.807, 2.05) is 30.3 Å². The average molecular weight is 290 g/mol. The van der Waals surface area contributed by atoms with E-state index in [-0.39, 0.29) is 5.91 Å². The van der Waals surface area contributed by atoms with Crippen LogP contribution >= 0.6 is 0 Å².